The number of fused-ring (bicyclic) bond motifs is 5. The van der Waals surface area contributed by atoms with Crippen molar-refractivity contribution < 1.29 is 38.2 Å². The second-order valence-corrected chi connectivity index (χ2v) is 10.5. The molecule has 2 N–H and O–H groups in total. The Hall–Kier alpha value is -5.46. The zero-order chi connectivity index (χ0) is 31.9. The third-order valence-electron chi connectivity index (χ3n) is 7.94. The van der Waals surface area contributed by atoms with Gasteiger partial charge in [-0.15, -0.1) is 0 Å². The lowest BCUT2D eigenvalue weighted by molar-refractivity contribution is -0.125. The fourth-order valence-electron chi connectivity index (χ4n) is 5.69. The first kappa shape index (κ1) is 31.0. The van der Waals surface area contributed by atoms with E-state index < -0.39 is 5.92 Å². The molecule has 0 aliphatic carbocycles. The van der Waals surface area contributed by atoms with Crippen LogP contribution in [-0.4, -0.2) is 95.5 Å². The summed E-state index contributed by atoms with van der Waals surface area (Å²) in [6, 6.07) is 14.8. The molecule has 2 aromatic heterocycles. The predicted molar refractivity (Wildman–Crippen MR) is 161 cm³/mol. The van der Waals surface area contributed by atoms with Crippen LogP contribution in [0.25, 0.3) is 10.9 Å². The lowest BCUT2D eigenvalue weighted by atomic mass is 9.88. The van der Waals surface area contributed by atoms with Crippen LogP contribution in [-0.2, 0) is 9.59 Å². The van der Waals surface area contributed by atoms with Crippen molar-refractivity contribution in [2.24, 2.45) is 5.92 Å². The maximum atomic E-state index is 13.7. The number of benzene rings is 2. The van der Waals surface area contributed by atoms with Crippen LogP contribution in [0.5, 0.6) is 11.5 Å². The highest BCUT2D eigenvalue weighted by atomic mass is 16.5. The first-order valence-electron chi connectivity index (χ1n) is 14.3. The number of likely N-dealkylation sites (tertiary alicyclic amines) is 1. The fraction of sp³-hybridized carbons (Fsp3) is 0.312. The molecule has 0 radical (unpaired) electrons. The topological polar surface area (TPSA) is 164 Å². The van der Waals surface area contributed by atoms with Crippen LogP contribution in [0.3, 0.4) is 0 Å². The molecule has 1 fully saturated rings. The molecule has 3 amide bonds. The van der Waals surface area contributed by atoms with Gasteiger partial charge in [-0.3, -0.25) is 24.2 Å². The smallest absolute Gasteiger partial charge is 0.290 e. The number of rotatable bonds is 3. The molecule has 234 valence electrons. The van der Waals surface area contributed by atoms with Gasteiger partial charge in [0.05, 0.1) is 25.1 Å². The van der Waals surface area contributed by atoms with Gasteiger partial charge in [-0.05, 0) is 48.9 Å². The minimum absolute atomic E-state index is 0.146. The van der Waals surface area contributed by atoms with Crippen molar-refractivity contribution >= 4 is 35.1 Å². The number of amides is 3. The van der Waals surface area contributed by atoms with Crippen molar-refractivity contribution in [3.8, 4) is 11.5 Å². The van der Waals surface area contributed by atoms with E-state index in [4.69, 9.17) is 23.8 Å². The Labute approximate surface area is 258 Å². The van der Waals surface area contributed by atoms with Gasteiger partial charge in [-0.25, -0.2) is 4.98 Å². The van der Waals surface area contributed by atoms with Crippen molar-refractivity contribution in [3.63, 3.8) is 0 Å². The van der Waals surface area contributed by atoms with Crippen molar-refractivity contribution in [3.05, 3.63) is 83.7 Å². The van der Waals surface area contributed by atoms with Gasteiger partial charge < -0.3 is 34.1 Å². The third kappa shape index (κ3) is 6.71. The number of hydrogen-bond donors (Lipinski definition) is 2. The van der Waals surface area contributed by atoms with E-state index in [0.29, 0.717) is 29.4 Å². The lowest BCUT2D eigenvalue weighted by Crippen LogP contribution is -2.43. The molecule has 0 spiro atoms. The van der Waals surface area contributed by atoms with Crippen LogP contribution in [0.15, 0.2) is 65.5 Å². The number of oxazole rings is 1. The fourth-order valence-corrected chi connectivity index (χ4v) is 5.69. The quantitative estimate of drug-likeness (QED) is 0.328. The number of aryl methyl sites for hydroxylation is 1. The van der Waals surface area contributed by atoms with E-state index >= 15 is 0 Å². The van der Waals surface area contributed by atoms with E-state index in [0.717, 1.165) is 16.5 Å². The molecule has 2 aromatic carbocycles. The number of ether oxygens (including phenoxy) is 2. The SMILES string of the molecule is COc1ccc2cc1OCCN(C(=O)c1ncoc1C)CCNC(=O)[C@H]1CN(C(=O)c3ccc4ncccc4c3)C[C@H]21.O=CO. The van der Waals surface area contributed by atoms with Gasteiger partial charge in [-0.1, -0.05) is 12.1 Å². The highest BCUT2D eigenvalue weighted by molar-refractivity contribution is 5.98. The highest BCUT2D eigenvalue weighted by Gasteiger charge is 2.41. The largest absolute Gasteiger partial charge is 0.493 e. The van der Waals surface area contributed by atoms with Crippen LogP contribution < -0.4 is 14.8 Å². The van der Waals surface area contributed by atoms with E-state index in [9.17, 15) is 14.4 Å². The van der Waals surface area contributed by atoms with Crippen LogP contribution in [0.1, 0.15) is 38.1 Å². The molecule has 2 atom stereocenters. The summed E-state index contributed by atoms with van der Waals surface area (Å²) in [6.07, 6.45) is 2.95. The Bertz CT molecular complexity index is 1710. The number of nitrogens with one attached hydrogen (secondary N) is 1. The minimum Gasteiger partial charge on any atom is -0.493 e. The molecule has 45 heavy (non-hydrogen) atoms. The zero-order valence-corrected chi connectivity index (χ0v) is 24.8. The van der Waals surface area contributed by atoms with Crippen molar-refractivity contribution in [2.75, 3.05) is 46.4 Å². The van der Waals surface area contributed by atoms with Gasteiger partial charge in [0.15, 0.2) is 23.6 Å². The number of aromatic nitrogens is 2. The third-order valence-corrected chi connectivity index (χ3v) is 7.94. The highest BCUT2D eigenvalue weighted by Crippen LogP contribution is 2.38. The van der Waals surface area contributed by atoms with E-state index in [1.807, 2.05) is 42.5 Å². The van der Waals surface area contributed by atoms with Gasteiger partial charge in [-0.2, -0.15) is 0 Å². The number of pyridine rings is 1. The summed E-state index contributed by atoms with van der Waals surface area (Å²) in [5, 5.41) is 10.8. The summed E-state index contributed by atoms with van der Waals surface area (Å²) in [7, 11) is 1.56. The average Bonchev–Trinajstić information content (AvgIpc) is 3.70. The monoisotopic (exact) mass is 615 g/mol. The van der Waals surface area contributed by atoms with Crippen LogP contribution in [0, 0.1) is 12.8 Å². The molecule has 2 bridgehead atoms. The van der Waals surface area contributed by atoms with E-state index in [2.05, 4.69) is 15.3 Å². The molecule has 4 aromatic rings. The average molecular weight is 616 g/mol. The summed E-state index contributed by atoms with van der Waals surface area (Å²) < 4.78 is 16.9. The van der Waals surface area contributed by atoms with Crippen molar-refractivity contribution in [1.29, 1.82) is 0 Å². The first-order valence-corrected chi connectivity index (χ1v) is 14.3. The summed E-state index contributed by atoms with van der Waals surface area (Å²) in [6.45, 7) is 3.00. The van der Waals surface area contributed by atoms with Crippen LogP contribution in [0.2, 0.25) is 0 Å². The molecule has 2 aliphatic heterocycles. The number of carbonyl (C=O) groups is 4. The molecule has 13 nitrogen and oxygen atoms in total. The molecule has 6 rings (SSSR count). The van der Waals surface area contributed by atoms with Gasteiger partial charge in [0.1, 0.15) is 12.4 Å². The Morgan fingerprint density at radius 2 is 1.84 bits per heavy atom. The normalized spacial score (nSPS) is 18.1. The molecule has 13 heteroatoms. The first-order chi connectivity index (χ1) is 21.8. The maximum absolute atomic E-state index is 13.7. The molecule has 0 saturated carbocycles. The Morgan fingerprint density at radius 1 is 1.04 bits per heavy atom. The maximum Gasteiger partial charge on any atom is 0.290 e. The lowest BCUT2D eigenvalue weighted by Gasteiger charge is -2.23. The number of carboxylic acid groups (broad SMARTS) is 1. The van der Waals surface area contributed by atoms with Crippen LogP contribution >= 0.6 is 0 Å². The second kappa shape index (κ2) is 13.9. The van der Waals surface area contributed by atoms with Gasteiger partial charge in [0.25, 0.3) is 18.3 Å². The van der Waals surface area contributed by atoms with Crippen molar-refractivity contribution in [2.45, 2.75) is 12.8 Å². The van der Waals surface area contributed by atoms with E-state index in [-0.39, 0.29) is 68.6 Å². The summed E-state index contributed by atoms with van der Waals surface area (Å²) >= 11 is 0. The second-order valence-electron chi connectivity index (χ2n) is 10.5. The zero-order valence-electron chi connectivity index (χ0n) is 24.8. The van der Waals surface area contributed by atoms with Gasteiger partial charge in [0, 0.05) is 49.2 Å². The molecule has 4 heterocycles. The standard InChI is InChI=1S/C31H31N5O6.CH2O2/c1-19-28(34-18-42-19)31(39)35-11-10-33-29(37)24-17-36(30(38)22-5-7-25-21(14-22)4-3-9-32-25)16-23(24)20-6-8-26(40-2)27(15-20)41-13-12-35;2-1-3/h3-9,14-15,18,23-24H,10-13,16-17H2,1-2H3,(H,33,37);1H,(H,2,3)/t23-,24+;/m1./s1. The van der Waals surface area contributed by atoms with E-state index in [1.165, 1.54) is 6.39 Å². The Morgan fingerprint density at radius 3 is 2.60 bits per heavy atom. The minimum atomic E-state index is -0.500. The molecular weight excluding hydrogens is 582 g/mol. The molecule has 2 aliphatic rings. The van der Waals surface area contributed by atoms with Crippen molar-refractivity contribution in [1.82, 2.24) is 25.1 Å². The number of carbonyl (C=O) groups excluding carboxylic acids is 3. The molecule has 1 saturated heterocycles. The number of methoxy groups -OCH3 is 1. The van der Waals surface area contributed by atoms with E-state index in [1.54, 1.807) is 36.1 Å². The summed E-state index contributed by atoms with van der Waals surface area (Å²) in [5.74, 6) is 0.0631. The molecule has 0 unspecified atom stereocenters. The Balaban J connectivity index is 0.00000128. The Kier molecular flexibility index (Phi) is 9.56. The predicted octanol–water partition coefficient (Wildman–Crippen LogP) is 2.75. The number of hydrogen-bond acceptors (Lipinski definition) is 9. The summed E-state index contributed by atoms with van der Waals surface area (Å²) in [4.78, 5) is 60.6. The van der Waals surface area contributed by atoms with Crippen LogP contribution in [0.4, 0.5) is 0 Å². The van der Waals surface area contributed by atoms with Gasteiger partial charge >= 0.3 is 0 Å². The summed E-state index contributed by atoms with van der Waals surface area (Å²) in [5.41, 5.74) is 2.44. The van der Waals surface area contributed by atoms with Gasteiger partial charge in [0.2, 0.25) is 5.91 Å². The molecular formula is C32H33N5O8. The number of nitrogens with zero attached hydrogens (tertiary/aromatic N) is 4.